The van der Waals surface area contributed by atoms with Gasteiger partial charge in [-0.3, -0.25) is 9.59 Å². The lowest BCUT2D eigenvalue weighted by atomic mass is 9.97. The van der Waals surface area contributed by atoms with E-state index >= 15 is 0 Å². The Balaban J connectivity index is 1.16. The van der Waals surface area contributed by atoms with Gasteiger partial charge in [-0.25, -0.2) is 0 Å². The zero-order chi connectivity index (χ0) is 33.7. The standard InChI is InChI=1S/C28H50N2O16/c1-16(14-40-6-4-38-8-10-42-26-21(29-17(2)33)24(36)23(35)19(12-31)44-26)15-41-7-5-39-9-11-43-27-22(30-18(3)34)25-28(37,46-25)20(13-32)45-27/h16,19-27,31-32,35-37H,4-15H2,1-3H3,(H,29,33)(H,30,34)/t16?,19?,20?,21?,22?,23-,24?,25?,26+,27+,28+/m0/s1. The van der Waals surface area contributed by atoms with Crippen LogP contribution in [0.5, 0.6) is 0 Å². The van der Waals surface area contributed by atoms with Crippen LogP contribution in [0.1, 0.15) is 20.8 Å². The van der Waals surface area contributed by atoms with Crippen molar-refractivity contribution in [2.24, 2.45) is 5.92 Å². The molecule has 3 rings (SSSR count). The largest absolute Gasteiger partial charge is 0.394 e. The van der Waals surface area contributed by atoms with Crippen LogP contribution in [0.2, 0.25) is 0 Å². The maximum absolute atomic E-state index is 11.5. The van der Waals surface area contributed by atoms with E-state index < -0.39 is 80.1 Å². The molecule has 0 saturated carbocycles. The summed E-state index contributed by atoms with van der Waals surface area (Å²) >= 11 is 0. The lowest BCUT2D eigenvalue weighted by Crippen LogP contribution is -2.64. The first kappa shape index (κ1) is 38.8. The summed E-state index contributed by atoms with van der Waals surface area (Å²) in [6.07, 6.45) is -7.51. The molecule has 0 aromatic carbocycles. The number of fused-ring (bicyclic) bond motifs is 1. The van der Waals surface area contributed by atoms with Crippen LogP contribution >= 0.6 is 0 Å². The summed E-state index contributed by atoms with van der Waals surface area (Å²) in [5.41, 5.74) is 0. The Morgan fingerprint density at radius 2 is 1.24 bits per heavy atom. The molecule has 11 atom stereocenters. The average molecular weight is 671 g/mol. The first-order valence-electron chi connectivity index (χ1n) is 15.4. The van der Waals surface area contributed by atoms with Crippen LogP contribution in [0.3, 0.4) is 0 Å². The molecule has 0 radical (unpaired) electrons. The van der Waals surface area contributed by atoms with Gasteiger partial charge in [0.1, 0.15) is 42.6 Å². The third-order valence-corrected chi connectivity index (χ3v) is 7.40. The van der Waals surface area contributed by atoms with E-state index in [9.17, 15) is 35.1 Å². The maximum Gasteiger partial charge on any atom is 0.224 e. The minimum absolute atomic E-state index is 0.0794. The molecule has 7 unspecified atom stereocenters. The van der Waals surface area contributed by atoms with Crippen molar-refractivity contribution in [3.63, 3.8) is 0 Å². The minimum atomic E-state index is -1.64. The quantitative estimate of drug-likeness (QED) is 0.0428. The van der Waals surface area contributed by atoms with Gasteiger partial charge in [0.05, 0.1) is 79.3 Å². The fourth-order valence-corrected chi connectivity index (χ4v) is 5.06. The maximum atomic E-state index is 11.5. The number of aliphatic hydroxyl groups is 5. The smallest absolute Gasteiger partial charge is 0.224 e. The molecule has 0 aliphatic carbocycles. The Labute approximate surface area is 267 Å². The number of rotatable bonds is 22. The summed E-state index contributed by atoms with van der Waals surface area (Å²) in [7, 11) is 0. The lowest BCUT2D eigenvalue weighted by Gasteiger charge is -2.42. The fraction of sp³-hybridized carbons (Fsp3) is 0.929. The van der Waals surface area contributed by atoms with Crippen LogP contribution in [0.15, 0.2) is 0 Å². The van der Waals surface area contributed by atoms with Gasteiger partial charge in [0.2, 0.25) is 17.6 Å². The summed E-state index contributed by atoms with van der Waals surface area (Å²) in [6, 6.07) is -1.73. The Morgan fingerprint density at radius 3 is 1.76 bits per heavy atom. The van der Waals surface area contributed by atoms with Gasteiger partial charge in [-0.05, 0) is 0 Å². The molecular formula is C28H50N2O16. The van der Waals surface area contributed by atoms with E-state index in [1.807, 2.05) is 6.92 Å². The number of nitrogens with one attached hydrogen (secondary N) is 2. The Hall–Kier alpha value is -1.62. The highest BCUT2D eigenvalue weighted by Gasteiger charge is 2.70. The van der Waals surface area contributed by atoms with Gasteiger partial charge in [-0.2, -0.15) is 0 Å². The third-order valence-electron chi connectivity index (χ3n) is 7.40. The van der Waals surface area contributed by atoms with E-state index in [2.05, 4.69) is 10.6 Å². The molecule has 268 valence electrons. The predicted molar refractivity (Wildman–Crippen MR) is 153 cm³/mol. The van der Waals surface area contributed by atoms with Gasteiger partial charge in [0.15, 0.2) is 12.6 Å². The Kier molecular flexibility index (Phi) is 16.4. The number of hydrogen-bond donors (Lipinski definition) is 7. The number of epoxide rings is 1. The van der Waals surface area contributed by atoms with Crippen molar-refractivity contribution in [1.29, 1.82) is 0 Å². The summed E-state index contributed by atoms with van der Waals surface area (Å²) < 4.78 is 49.8. The van der Waals surface area contributed by atoms with Crippen LogP contribution in [0, 0.1) is 5.92 Å². The fourth-order valence-electron chi connectivity index (χ4n) is 5.06. The second kappa shape index (κ2) is 19.4. The second-order valence-electron chi connectivity index (χ2n) is 11.3. The molecule has 2 amide bonds. The van der Waals surface area contributed by atoms with Crippen molar-refractivity contribution in [2.75, 3.05) is 79.3 Å². The van der Waals surface area contributed by atoms with Gasteiger partial charge in [-0.1, -0.05) is 6.92 Å². The molecule has 3 saturated heterocycles. The average Bonchev–Trinajstić information content (AvgIpc) is 3.72. The topological polar surface area (TPSA) is 246 Å². The van der Waals surface area contributed by atoms with Crippen molar-refractivity contribution >= 4 is 11.8 Å². The predicted octanol–water partition coefficient (Wildman–Crippen LogP) is -4.02. The van der Waals surface area contributed by atoms with E-state index in [0.29, 0.717) is 39.6 Å². The van der Waals surface area contributed by atoms with E-state index in [0.717, 1.165) is 0 Å². The van der Waals surface area contributed by atoms with Gasteiger partial charge in [0, 0.05) is 19.8 Å². The van der Waals surface area contributed by atoms with Gasteiger partial charge in [-0.15, -0.1) is 0 Å². The summed E-state index contributed by atoms with van der Waals surface area (Å²) in [5.74, 6) is -2.28. The van der Waals surface area contributed by atoms with Gasteiger partial charge < -0.3 is 78.8 Å². The Bertz CT molecular complexity index is 879. The molecule has 46 heavy (non-hydrogen) atoms. The molecule has 18 heteroatoms. The van der Waals surface area contributed by atoms with E-state index in [-0.39, 0.29) is 38.3 Å². The SMILES string of the molecule is CC(=O)NC1C(O)[C@@H](O)C(CO)O[C@H]1OCCOCCOCC(C)COCCOCCO[C@@H]1OC(CO)[C@@]2(O)OC2C1NC(C)=O. The van der Waals surface area contributed by atoms with Crippen molar-refractivity contribution < 1.29 is 77.8 Å². The normalized spacial score (nSPS) is 34.5. The summed E-state index contributed by atoms with van der Waals surface area (Å²) in [4.78, 5) is 23.0. The molecule has 3 aliphatic rings. The van der Waals surface area contributed by atoms with Gasteiger partial charge >= 0.3 is 0 Å². The van der Waals surface area contributed by atoms with Crippen molar-refractivity contribution in [2.45, 2.75) is 81.7 Å². The molecule has 0 spiro atoms. The Morgan fingerprint density at radius 1 is 0.739 bits per heavy atom. The zero-order valence-corrected chi connectivity index (χ0v) is 26.5. The van der Waals surface area contributed by atoms with Crippen molar-refractivity contribution in [3.8, 4) is 0 Å². The molecular weight excluding hydrogens is 620 g/mol. The first-order chi connectivity index (χ1) is 22.0. The highest BCUT2D eigenvalue weighted by atomic mass is 16.8. The number of hydrogen-bond acceptors (Lipinski definition) is 16. The van der Waals surface area contributed by atoms with Crippen LogP contribution in [-0.4, -0.2) is 178 Å². The van der Waals surface area contributed by atoms with Crippen molar-refractivity contribution in [1.82, 2.24) is 10.6 Å². The van der Waals surface area contributed by atoms with E-state index in [1.54, 1.807) is 0 Å². The van der Waals surface area contributed by atoms with E-state index in [1.165, 1.54) is 13.8 Å². The minimum Gasteiger partial charge on any atom is -0.394 e. The number of ether oxygens (including phenoxy) is 9. The molecule has 7 N–H and O–H groups in total. The van der Waals surface area contributed by atoms with Crippen molar-refractivity contribution in [3.05, 3.63) is 0 Å². The van der Waals surface area contributed by atoms with Crippen LogP contribution < -0.4 is 10.6 Å². The molecule has 0 aromatic rings. The third kappa shape index (κ3) is 11.5. The highest BCUT2D eigenvalue weighted by Crippen LogP contribution is 2.46. The molecule has 0 aromatic heterocycles. The molecule has 3 fully saturated rings. The lowest BCUT2D eigenvalue weighted by molar-refractivity contribution is -0.272. The van der Waals surface area contributed by atoms with E-state index in [4.69, 9.17) is 42.6 Å². The van der Waals surface area contributed by atoms with Gasteiger partial charge in [0.25, 0.3) is 0 Å². The first-order valence-corrected chi connectivity index (χ1v) is 15.4. The summed E-state index contributed by atoms with van der Waals surface area (Å²) in [5, 5.41) is 54.6. The zero-order valence-electron chi connectivity index (χ0n) is 26.5. The second-order valence-corrected chi connectivity index (χ2v) is 11.3. The molecule has 3 heterocycles. The number of carbonyl (C=O) groups is 2. The highest BCUT2D eigenvalue weighted by molar-refractivity contribution is 5.73. The van der Waals surface area contributed by atoms with Crippen LogP contribution in [0.4, 0.5) is 0 Å². The number of amides is 2. The number of carbonyl (C=O) groups excluding carboxylic acids is 2. The summed E-state index contributed by atoms with van der Waals surface area (Å²) in [6.45, 7) is 6.49. The van der Waals surface area contributed by atoms with Crippen LogP contribution in [-0.2, 0) is 52.2 Å². The molecule has 18 nitrogen and oxygen atoms in total. The van der Waals surface area contributed by atoms with Crippen LogP contribution in [0.25, 0.3) is 0 Å². The molecule has 0 bridgehead atoms. The molecule has 3 aliphatic heterocycles. The number of aliphatic hydroxyl groups excluding tert-OH is 4. The monoisotopic (exact) mass is 670 g/mol.